The van der Waals surface area contributed by atoms with Crippen LogP contribution >= 0.6 is 11.8 Å². The van der Waals surface area contributed by atoms with Gasteiger partial charge in [-0.2, -0.15) is 4.98 Å². The molecule has 10 heteroatoms. The predicted molar refractivity (Wildman–Crippen MR) is 113 cm³/mol. The number of aryl methyl sites for hydroxylation is 2. The highest BCUT2D eigenvalue weighted by molar-refractivity contribution is 8.00. The molecule has 1 amide bonds. The molecule has 0 spiro atoms. The predicted octanol–water partition coefficient (Wildman–Crippen LogP) is 3.31. The summed E-state index contributed by atoms with van der Waals surface area (Å²) in [6.45, 7) is 7.16. The second kappa shape index (κ2) is 9.61. The van der Waals surface area contributed by atoms with Crippen molar-refractivity contribution < 1.29 is 18.2 Å². The number of benzene rings is 1. The van der Waals surface area contributed by atoms with E-state index in [0.29, 0.717) is 36.3 Å². The van der Waals surface area contributed by atoms with Crippen molar-refractivity contribution in [3.8, 4) is 11.5 Å². The number of hydrogen-bond donors (Lipinski definition) is 0. The van der Waals surface area contributed by atoms with E-state index in [2.05, 4.69) is 20.2 Å². The second-order valence-electron chi connectivity index (χ2n) is 7.47. The number of rotatable bonds is 6. The second-order valence-corrected chi connectivity index (χ2v) is 8.52. The average molecular weight is 446 g/mol. The molecular formula is C21H24FN5O3S. The Morgan fingerprint density at radius 1 is 1.10 bits per heavy atom. The van der Waals surface area contributed by atoms with Gasteiger partial charge in [0.25, 0.3) is 5.89 Å². The maximum atomic E-state index is 13.0. The topological polar surface area (TPSA) is 88.5 Å². The van der Waals surface area contributed by atoms with E-state index in [1.807, 2.05) is 18.7 Å². The smallest absolute Gasteiger partial charge is 0.263 e. The Labute approximate surface area is 183 Å². The van der Waals surface area contributed by atoms with E-state index in [4.69, 9.17) is 9.05 Å². The van der Waals surface area contributed by atoms with Crippen LogP contribution in [-0.4, -0.2) is 62.9 Å². The molecule has 3 aromatic rings. The van der Waals surface area contributed by atoms with Crippen LogP contribution in [0, 0.1) is 19.7 Å². The van der Waals surface area contributed by atoms with Crippen molar-refractivity contribution in [2.24, 2.45) is 0 Å². The number of nitrogens with zero attached hydrogens (tertiary/aromatic N) is 5. The van der Waals surface area contributed by atoms with Gasteiger partial charge >= 0.3 is 0 Å². The number of hydrogen-bond acceptors (Lipinski definition) is 8. The van der Waals surface area contributed by atoms with Crippen LogP contribution in [0.15, 0.2) is 38.2 Å². The normalized spacial score (nSPS) is 15.3. The van der Waals surface area contributed by atoms with Crippen LogP contribution < -0.4 is 0 Å². The van der Waals surface area contributed by atoms with Crippen molar-refractivity contribution in [1.29, 1.82) is 0 Å². The van der Waals surface area contributed by atoms with E-state index in [1.54, 1.807) is 12.1 Å². The average Bonchev–Trinajstić information content (AvgIpc) is 3.25. The van der Waals surface area contributed by atoms with Gasteiger partial charge < -0.3 is 13.9 Å². The van der Waals surface area contributed by atoms with E-state index in [1.165, 1.54) is 23.9 Å². The van der Waals surface area contributed by atoms with Crippen molar-refractivity contribution >= 4 is 17.7 Å². The van der Waals surface area contributed by atoms with Gasteiger partial charge in [-0.15, -0.1) is 11.8 Å². The third-order valence-electron chi connectivity index (χ3n) is 5.20. The third kappa shape index (κ3) is 5.31. The summed E-state index contributed by atoms with van der Waals surface area (Å²) in [5.41, 5.74) is 1.46. The van der Waals surface area contributed by atoms with Crippen molar-refractivity contribution in [3.05, 3.63) is 47.4 Å². The largest absolute Gasteiger partial charge is 0.361 e. The Bertz CT molecular complexity index is 1020. The molecule has 31 heavy (non-hydrogen) atoms. The van der Waals surface area contributed by atoms with Crippen LogP contribution in [0.25, 0.3) is 11.5 Å². The summed E-state index contributed by atoms with van der Waals surface area (Å²) in [5, 5.41) is 8.02. The van der Waals surface area contributed by atoms with Gasteiger partial charge in [-0.25, -0.2) is 4.39 Å². The molecular weight excluding hydrogens is 421 g/mol. The van der Waals surface area contributed by atoms with Crippen LogP contribution in [0.4, 0.5) is 4.39 Å². The molecule has 8 nitrogen and oxygen atoms in total. The molecule has 0 aliphatic carbocycles. The summed E-state index contributed by atoms with van der Waals surface area (Å²) < 4.78 is 23.6. The van der Waals surface area contributed by atoms with Gasteiger partial charge in [-0.3, -0.25) is 9.69 Å². The lowest BCUT2D eigenvalue weighted by Crippen LogP contribution is -2.36. The maximum absolute atomic E-state index is 13.0. The molecule has 3 heterocycles. The van der Waals surface area contributed by atoms with E-state index >= 15 is 0 Å². The van der Waals surface area contributed by atoms with Gasteiger partial charge in [0.2, 0.25) is 5.91 Å². The molecule has 1 saturated heterocycles. The van der Waals surface area contributed by atoms with E-state index in [9.17, 15) is 9.18 Å². The fourth-order valence-corrected chi connectivity index (χ4v) is 4.35. The highest BCUT2D eigenvalue weighted by Crippen LogP contribution is 2.25. The zero-order chi connectivity index (χ0) is 21.8. The van der Waals surface area contributed by atoms with Crippen LogP contribution in [0.1, 0.15) is 23.7 Å². The van der Waals surface area contributed by atoms with Crippen LogP contribution in [0.2, 0.25) is 0 Å². The molecule has 0 atom stereocenters. The molecule has 4 rings (SSSR count). The molecule has 0 saturated carbocycles. The first-order chi connectivity index (χ1) is 15.0. The minimum Gasteiger partial charge on any atom is -0.361 e. The van der Waals surface area contributed by atoms with Crippen molar-refractivity contribution in [2.75, 3.05) is 31.9 Å². The Balaban J connectivity index is 1.29. The first-order valence-electron chi connectivity index (χ1n) is 10.1. The first kappa shape index (κ1) is 21.5. The Morgan fingerprint density at radius 3 is 2.65 bits per heavy atom. The molecule has 1 aliphatic rings. The number of carbonyl (C=O) groups is 1. The molecule has 0 radical (unpaired) electrons. The zero-order valence-corrected chi connectivity index (χ0v) is 18.3. The van der Waals surface area contributed by atoms with Crippen LogP contribution in [-0.2, 0) is 11.3 Å². The first-order valence-corrected chi connectivity index (χ1v) is 11.1. The lowest BCUT2D eigenvalue weighted by molar-refractivity contribution is -0.128. The number of aromatic nitrogens is 3. The van der Waals surface area contributed by atoms with Crippen molar-refractivity contribution in [3.63, 3.8) is 0 Å². The number of halogens is 1. The molecule has 1 aromatic carbocycles. The summed E-state index contributed by atoms with van der Waals surface area (Å²) in [6, 6.07) is 6.20. The molecule has 0 unspecified atom stereocenters. The quantitative estimate of drug-likeness (QED) is 0.534. The lowest BCUT2D eigenvalue weighted by atomic mass is 10.2. The summed E-state index contributed by atoms with van der Waals surface area (Å²) in [7, 11) is 0. The van der Waals surface area contributed by atoms with Gasteiger partial charge in [-0.05, 0) is 44.5 Å². The van der Waals surface area contributed by atoms with E-state index in [-0.39, 0.29) is 11.7 Å². The fraction of sp³-hybridized carbons (Fsp3) is 0.429. The molecule has 0 bridgehead atoms. The SMILES string of the molecule is Cc1noc(C)c1-c1nc(CN2CCCN(C(=O)CSc3ccc(F)cc3)CC2)no1. The molecule has 164 valence electrons. The molecule has 0 N–H and O–H groups in total. The van der Waals surface area contributed by atoms with Crippen molar-refractivity contribution in [1.82, 2.24) is 25.1 Å². The minimum absolute atomic E-state index is 0.0939. The monoisotopic (exact) mass is 445 g/mol. The summed E-state index contributed by atoms with van der Waals surface area (Å²) >= 11 is 1.43. The zero-order valence-electron chi connectivity index (χ0n) is 17.5. The minimum atomic E-state index is -0.274. The van der Waals surface area contributed by atoms with E-state index < -0.39 is 0 Å². The Kier molecular flexibility index (Phi) is 6.67. The standard InChI is InChI=1S/C21H24FN5O3S/c1-14-20(15(2)29-24-14)21-23-18(25-30-21)12-26-8-3-9-27(11-10-26)19(28)13-31-17-6-4-16(22)5-7-17/h4-7H,3,8-13H2,1-2H3. The Morgan fingerprint density at radius 2 is 1.90 bits per heavy atom. The number of carbonyl (C=O) groups excluding carboxylic acids is 1. The molecule has 1 aliphatic heterocycles. The number of thioether (sulfide) groups is 1. The highest BCUT2D eigenvalue weighted by Gasteiger charge is 2.22. The summed E-state index contributed by atoms with van der Waals surface area (Å²) in [6.07, 6.45) is 0.877. The van der Waals surface area contributed by atoms with Crippen LogP contribution in [0.3, 0.4) is 0 Å². The van der Waals surface area contributed by atoms with Crippen molar-refractivity contribution in [2.45, 2.75) is 31.7 Å². The van der Waals surface area contributed by atoms with Gasteiger partial charge in [0.15, 0.2) is 5.82 Å². The van der Waals surface area contributed by atoms with Gasteiger partial charge in [-0.1, -0.05) is 10.3 Å². The molecule has 2 aromatic heterocycles. The molecule has 1 fully saturated rings. The summed E-state index contributed by atoms with van der Waals surface area (Å²) in [4.78, 5) is 22.1. The van der Waals surface area contributed by atoms with Gasteiger partial charge in [0, 0.05) is 31.1 Å². The maximum Gasteiger partial charge on any atom is 0.263 e. The van der Waals surface area contributed by atoms with E-state index in [0.717, 1.165) is 42.2 Å². The van der Waals surface area contributed by atoms with Gasteiger partial charge in [0.1, 0.15) is 17.1 Å². The fourth-order valence-electron chi connectivity index (χ4n) is 3.55. The Hall–Kier alpha value is -2.72. The summed E-state index contributed by atoms with van der Waals surface area (Å²) in [5.74, 6) is 1.82. The van der Waals surface area contributed by atoms with Crippen LogP contribution in [0.5, 0.6) is 0 Å². The van der Waals surface area contributed by atoms with Gasteiger partial charge in [0.05, 0.1) is 18.0 Å². The lowest BCUT2D eigenvalue weighted by Gasteiger charge is -2.21. The number of amides is 1. The third-order valence-corrected chi connectivity index (χ3v) is 6.19. The highest BCUT2D eigenvalue weighted by atomic mass is 32.2.